The van der Waals surface area contributed by atoms with Crippen LogP contribution < -0.4 is 0 Å². The smallest absolute Gasteiger partial charge is 0.328 e. The normalized spacial score (nSPS) is 15.9. The van der Waals surface area contributed by atoms with E-state index >= 15 is 0 Å². The van der Waals surface area contributed by atoms with Gasteiger partial charge in [0, 0.05) is 31.1 Å². The molecule has 20 heavy (non-hydrogen) atoms. The summed E-state index contributed by atoms with van der Waals surface area (Å²) in [6.07, 6.45) is 6.76. The fourth-order valence-electron chi connectivity index (χ4n) is 1.96. The molecular weight excluding hydrogens is 280 g/mol. The van der Waals surface area contributed by atoms with Crippen LogP contribution in [0, 0.1) is 0 Å². The van der Waals surface area contributed by atoms with Crippen molar-refractivity contribution in [3.05, 3.63) is 30.1 Å². The summed E-state index contributed by atoms with van der Waals surface area (Å²) in [7, 11) is -3.56. The van der Waals surface area contributed by atoms with Gasteiger partial charge in [-0.1, -0.05) is 6.92 Å². The van der Waals surface area contributed by atoms with Crippen LogP contribution in [0.4, 0.5) is 0 Å². The minimum atomic E-state index is -3.56. The molecule has 1 aromatic rings. The number of hydrogen-bond donors (Lipinski definition) is 1. The molecule has 1 N–H and O–H groups in total. The van der Waals surface area contributed by atoms with Crippen molar-refractivity contribution in [1.29, 1.82) is 0 Å². The molecule has 0 amide bonds. The third kappa shape index (κ3) is 3.23. The van der Waals surface area contributed by atoms with Gasteiger partial charge in [0.25, 0.3) is 0 Å². The van der Waals surface area contributed by atoms with E-state index in [1.807, 2.05) is 0 Å². The zero-order chi connectivity index (χ0) is 14.8. The maximum Gasteiger partial charge on any atom is 0.328 e. The van der Waals surface area contributed by atoms with Crippen LogP contribution in [0.2, 0.25) is 0 Å². The van der Waals surface area contributed by atoms with Gasteiger partial charge in [-0.05, 0) is 30.5 Å². The monoisotopic (exact) mass is 296 g/mol. The standard InChI is InChI=1S/C13H16N2O4S/c1-2-15(11-4-5-11)20(18,19)12-7-10(8-14-9-12)3-6-13(16)17/h3,6-9,11H,2,4-5H2,1H3,(H,16,17). The molecular formula is C13H16N2O4S. The molecule has 0 radical (unpaired) electrons. The number of sulfonamides is 1. The molecule has 1 aliphatic carbocycles. The molecule has 1 heterocycles. The van der Waals surface area contributed by atoms with Crippen LogP contribution in [-0.4, -0.2) is 41.4 Å². The first kappa shape index (κ1) is 14.7. The van der Waals surface area contributed by atoms with Crippen molar-refractivity contribution in [1.82, 2.24) is 9.29 Å². The van der Waals surface area contributed by atoms with Crippen LogP contribution in [0.3, 0.4) is 0 Å². The van der Waals surface area contributed by atoms with Gasteiger partial charge in [0.05, 0.1) is 0 Å². The Morgan fingerprint density at radius 1 is 1.50 bits per heavy atom. The van der Waals surface area contributed by atoms with Crippen LogP contribution in [-0.2, 0) is 14.8 Å². The Labute approximate surface area is 117 Å². The molecule has 0 spiro atoms. The summed E-state index contributed by atoms with van der Waals surface area (Å²) in [4.78, 5) is 14.4. The van der Waals surface area contributed by atoms with Crippen LogP contribution >= 0.6 is 0 Å². The first-order valence-electron chi connectivity index (χ1n) is 6.33. The number of carbonyl (C=O) groups is 1. The van der Waals surface area contributed by atoms with Crippen LogP contribution in [0.1, 0.15) is 25.3 Å². The lowest BCUT2D eigenvalue weighted by atomic mass is 10.2. The molecule has 7 heteroatoms. The minimum Gasteiger partial charge on any atom is -0.478 e. The predicted octanol–water partition coefficient (Wildman–Crippen LogP) is 1.35. The molecule has 0 aromatic carbocycles. The first-order chi connectivity index (χ1) is 9.45. The quantitative estimate of drug-likeness (QED) is 0.801. The summed E-state index contributed by atoms with van der Waals surface area (Å²) < 4.78 is 26.4. The fourth-order valence-corrected chi connectivity index (χ4v) is 3.65. The number of hydrogen-bond acceptors (Lipinski definition) is 4. The molecule has 0 unspecified atom stereocenters. The number of aliphatic carboxylic acids is 1. The molecule has 2 rings (SSSR count). The summed E-state index contributed by atoms with van der Waals surface area (Å²) in [6.45, 7) is 2.22. The third-order valence-corrected chi connectivity index (χ3v) is 5.02. The van der Waals surface area contributed by atoms with Gasteiger partial charge in [-0.3, -0.25) is 4.98 Å². The van der Waals surface area contributed by atoms with E-state index in [0.717, 1.165) is 18.9 Å². The molecule has 0 bridgehead atoms. The van der Waals surface area contributed by atoms with Crippen molar-refractivity contribution in [2.45, 2.75) is 30.7 Å². The summed E-state index contributed by atoms with van der Waals surface area (Å²) >= 11 is 0. The molecule has 6 nitrogen and oxygen atoms in total. The third-order valence-electron chi connectivity index (χ3n) is 3.03. The summed E-state index contributed by atoms with van der Waals surface area (Å²) in [5, 5.41) is 8.58. The fraction of sp³-hybridized carbons (Fsp3) is 0.385. The predicted molar refractivity (Wildman–Crippen MR) is 73.5 cm³/mol. The lowest BCUT2D eigenvalue weighted by Crippen LogP contribution is -2.33. The number of aromatic nitrogens is 1. The highest BCUT2D eigenvalue weighted by molar-refractivity contribution is 7.89. The second-order valence-electron chi connectivity index (χ2n) is 4.57. The maximum absolute atomic E-state index is 12.5. The lowest BCUT2D eigenvalue weighted by Gasteiger charge is -2.19. The van der Waals surface area contributed by atoms with Crippen molar-refractivity contribution >= 4 is 22.1 Å². The number of pyridine rings is 1. The number of nitrogens with zero attached hydrogens (tertiary/aromatic N) is 2. The van der Waals surface area contributed by atoms with Gasteiger partial charge >= 0.3 is 5.97 Å². The second kappa shape index (κ2) is 5.72. The van der Waals surface area contributed by atoms with Gasteiger partial charge in [0.2, 0.25) is 10.0 Å². The number of rotatable bonds is 6. The Morgan fingerprint density at radius 2 is 2.20 bits per heavy atom. The van der Waals surface area contributed by atoms with Gasteiger partial charge < -0.3 is 5.11 Å². The van der Waals surface area contributed by atoms with Crippen LogP contribution in [0.25, 0.3) is 6.08 Å². The molecule has 108 valence electrons. The highest BCUT2D eigenvalue weighted by Crippen LogP contribution is 2.31. The first-order valence-corrected chi connectivity index (χ1v) is 7.77. The van der Waals surface area contributed by atoms with Crippen molar-refractivity contribution in [3.63, 3.8) is 0 Å². The van der Waals surface area contributed by atoms with E-state index in [2.05, 4.69) is 4.98 Å². The van der Waals surface area contributed by atoms with Crippen molar-refractivity contribution < 1.29 is 18.3 Å². The Bertz CT molecular complexity index is 636. The average molecular weight is 296 g/mol. The van der Waals surface area contributed by atoms with E-state index in [1.165, 1.54) is 28.8 Å². The number of carboxylic acids is 1. The number of carboxylic acid groups (broad SMARTS) is 1. The van der Waals surface area contributed by atoms with Gasteiger partial charge in [-0.15, -0.1) is 0 Å². The van der Waals surface area contributed by atoms with Gasteiger partial charge in [0.15, 0.2) is 0 Å². The second-order valence-corrected chi connectivity index (χ2v) is 6.46. The van der Waals surface area contributed by atoms with E-state index in [9.17, 15) is 13.2 Å². The molecule has 0 atom stereocenters. The lowest BCUT2D eigenvalue weighted by molar-refractivity contribution is -0.131. The Kier molecular flexibility index (Phi) is 4.20. The Balaban J connectivity index is 2.32. The Hall–Kier alpha value is -1.73. The Morgan fingerprint density at radius 3 is 2.75 bits per heavy atom. The zero-order valence-corrected chi connectivity index (χ0v) is 11.9. The molecule has 1 aliphatic rings. The van der Waals surface area contributed by atoms with Crippen LogP contribution in [0.15, 0.2) is 29.4 Å². The summed E-state index contributed by atoms with van der Waals surface area (Å²) in [5.74, 6) is -1.09. The van der Waals surface area contributed by atoms with E-state index in [0.29, 0.717) is 12.1 Å². The van der Waals surface area contributed by atoms with E-state index in [-0.39, 0.29) is 10.9 Å². The molecule has 0 saturated heterocycles. The van der Waals surface area contributed by atoms with Gasteiger partial charge in [-0.2, -0.15) is 4.31 Å². The molecule has 1 aromatic heterocycles. The minimum absolute atomic E-state index is 0.0863. The SMILES string of the molecule is CCN(C1CC1)S(=O)(=O)c1cncc(C=CC(=O)O)c1. The van der Waals surface area contributed by atoms with E-state index < -0.39 is 16.0 Å². The van der Waals surface area contributed by atoms with Crippen molar-refractivity contribution in [2.24, 2.45) is 0 Å². The maximum atomic E-state index is 12.5. The molecule has 1 fully saturated rings. The molecule has 0 aliphatic heterocycles. The molecule has 1 saturated carbocycles. The summed E-state index contributed by atoms with van der Waals surface area (Å²) in [6, 6.07) is 1.52. The van der Waals surface area contributed by atoms with Gasteiger partial charge in [-0.25, -0.2) is 13.2 Å². The van der Waals surface area contributed by atoms with E-state index in [4.69, 9.17) is 5.11 Å². The van der Waals surface area contributed by atoms with Crippen molar-refractivity contribution in [2.75, 3.05) is 6.54 Å². The van der Waals surface area contributed by atoms with Gasteiger partial charge in [0.1, 0.15) is 4.90 Å². The van der Waals surface area contributed by atoms with Crippen LogP contribution in [0.5, 0.6) is 0 Å². The average Bonchev–Trinajstić information content (AvgIpc) is 3.22. The van der Waals surface area contributed by atoms with Crippen molar-refractivity contribution in [3.8, 4) is 0 Å². The topological polar surface area (TPSA) is 87.6 Å². The highest BCUT2D eigenvalue weighted by atomic mass is 32.2. The zero-order valence-electron chi connectivity index (χ0n) is 11.1. The summed E-state index contributed by atoms with van der Waals surface area (Å²) in [5.41, 5.74) is 0.445. The highest BCUT2D eigenvalue weighted by Gasteiger charge is 2.37. The van der Waals surface area contributed by atoms with E-state index in [1.54, 1.807) is 6.92 Å². The largest absolute Gasteiger partial charge is 0.478 e.